The lowest BCUT2D eigenvalue weighted by Gasteiger charge is -2.05. The summed E-state index contributed by atoms with van der Waals surface area (Å²) >= 11 is 11.9. The second-order valence-electron chi connectivity index (χ2n) is 5.00. The lowest BCUT2D eigenvalue weighted by atomic mass is 10.1. The molecule has 0 bridgehead atoms. The van der Waals surface area contributed by atoms with E-state index >= 15 is 0 Å². The minimum absolute atomic E-state index is 0.0311. The average molecular weight is 400 g/mol. The molecule has 0 unspecified atom stereocenters. The van der Waals surface area contributed by atoms with Gasteiger partial charge in [-0.2, -0.15) is 0 Å². The van der Waals surface area contributed by atoms with Crippen LogP contribution in [0.3, 0.4) is 0 Å². The highest BCUT2D eigenvalue weighted by atomic mass is 35.5. The van der Waals surface area contributed by atoms with Crippen molar-refractivity contribution in [1.29, 1.82) is 0 Å². The van der Waals surface area contributed by atoms with Gasteiger partial charge < -0.3 is 14.6 Å². The molecule has 3 aromatic rings. The predicted molar refractivity (Wildman–Crippen MR) is 94.7 cm³/mol. The summed E-state index contributed by atoms with van der Waals surface area (Å²) in [5.74, 6) is -2.11. The van der Waals surface area contributed by atoms with E-state index in [-0.39, 0.29) is 21.2 Å². The number of nitrogens with one attached hydrogen (secondary N) is 1. The third-order valence-electron chi connectivity index (χ3n) is 3.31. The van der Waals surface area contributed by atoms with Crippen LogP contribution in [-0.2, 0) is 10.0 Å². The van der Waals surface area contributed by atoms with Crippen LogP contribution >= 0.6 is 23.2 Å². The molecule has 130 valence electrons. The number of hydrogen-bond donors (Lipinski definition) is 3. The first-order chi connectivity index (χ1) is 11.8. The van der Waals surface area contributed by atoms with Crippen LogP contribution in [0, 0.1) is 0 Å². The van der Waals surface area contributed by atoms with Crippen LogP contribution in [0.1, 0.15) is 0 Å². The molecule has 0 spiro atoms. The quantitative estimate of drug-likeness (QED) is 0.600. The maximum absolute atomic E-state index is 12.3. The van der Waals surface area contributed by atoms with Gasteiger partial charge in [0.15, 0.2) is 5.76 Å². The van der Waals surface area contributed by atoms with Crippen LogP contribution < -0.4 is 4.72 Å². The highest BCUT2D eigenvalue weighted by Gasteiger charge is 2.26. The Bertz CT molecular complexity index is 1030. The van der Waals surface area contributed by atoms with Crippen LogP contribution in [0.5, 0.6) is 11.5 Å². The summed E-state index contributed by atoms with van der Waals surface area (Å²) in [4.78, 5) is -0.0311. The number of aromatic hydroxyl groups is 2. The van der Waals surface area contributed by atoms with E-state index in [2.05, 4.69) is 4.72 Å². The SMILES string of the molecule is O=S(=O)(Nc1oc(-c2ccc(Cl)cc2Cl)c(O)c1O)c1ccccc1. The van der Waals surface area contributed by atoms with Crippen molar-refractivity contribution in [3.63, 3.8) is 0 Å². The van der Waals surface area contributed by atoms with Gasteiger partial charge in [0.2, 0.25) is 11.5 Å². The van der Waals surface area contributed by atoms with Crippen molar-refractivity contribution < 1.29 is 23.0 Å². The normalized spacial score (nSPS) is 11.4. The van der Waals surface area contributed by atoms with Gasteiger partial charge >= 0.3 is 0 Å². The van der Waals surface area contributed by atoms with E-state index in [1.165, 1.54) is 30.3 Å². The van der Waals surface area contributed by atoms with Crippen molar-refractivity contribution in [1.82, 2.24) is 0 Å². The Hall–Kier alpha value is -2.35. The van der Waals surface area contributed by atoms with Gasteiger partial charge in [0.25, 0.3) is 15.9 Å². The first-order valence-corrected chi connectivity index (χ1v) is 9.11. The molecule has 3 N–H and O–H groups in total. The largest absolute Gasteiger partial charge is 0.502 e. The van der Waals surface area contributed by atoms with Crippen LogP contribution in [0.2, 0.25) is 10.0 Å². The molecule has 0 aliphatic rings. The second kappa shape index (κ2) is 6.51. The fourth-order valence-corrected chi connectivity index (χ4v) is 3.63. The Morgan fingerprint density at radius 3 is 2.28 bits per heavy atom. The summed E-state index contributed by atoms with van der Waals surface area (Å²) in [5.41, 5.74) is 0.240. The van der Waals surface area contributed by atoms with Gasteiger partial charge in [0, 0.05) is 10.6 Å². The Labute approximate surface area is 153 Å². The zero-order chi connectivity index (χ0) is 18.2. The Morgan fingerprint density at radius 2 is 1.64 bits per heavy atom. The van der Waals surface area contributed by atoms with Crippen molar-refractivity contribution in [3.8, 4) is 22.8 Å². The molecule has 0 radical (unpaired) electrons. The maximum atomic E-state index is 12.3. The van der Waals surface area contributed by atoms with E-state index in [9.17, 15) is 18.6 Å². The van der Waals surface area contributed by atoms with E-state index in [1.807, 2.05) is 0 Å². The Kier molecular flexibility index (Phi) is 4.55. The lowest BCUT2D eigenvalue weighted by molar-refractivity contribution is 0.410. The molecule has 0 saturated heterocycles. The van der Waals surface area contributed by atoms with Crippen molar-refractivity contribution >= 4 is 39.1 Å². The van der Waals surface area contributed by atoms with Crippen molar-refractivity contribution in [2.75, 3.05) is 4.72 Å². The fraction of sp³-hybridized carbons (Fsp3) is 0. The van der Waals surface area contributed by atoms with E-state index in [4.69, 9.17) is 27.6 Å². The van der Waals surface area contributed by atoms with E-state index in [0.29, 0.717) is 5.02 Å². The number of hydrogen-bond acceptors (Lipinski definition) is 5. The number of anilines is 1. The summed E-state index contributed by atoms with van der Waals surface area (Å²) < 4.78 is 32.0. The van der Waals surface area contributed by atoms with Crippen molar-refractivity contribution in [2.45, 2.75) is 4.90 Å². The third-order valence-corrected chi connectivity index (χ3v) is 5.21. The lowest BCUT2D eigenvalue weighted by Crippen LogP contribution is -2.12. The molecular weight excluding hydrogens is 389 g/mol. The van der Waals surface area contributed by atoms with Crippen LogP contribution in [0.4, 0.5) is 5.88 Å². The minimum atomic E-state index is -4.01. The van der Waals surface area contributed by atoms with Gasteiger partial charge in [0.05, 0.1) is 9.92 Å². The minimum Gasteiger partial charge on any atom is -0.502 e. The fourth-order valence-electron chi connectivity index (χ4n) is 2.12. The van der Waals surface area contributed by atoms with Crippen LogP contribution in [-0.4, -0.2) is 18.6 Å². The number of rotatable bonds is 4. The van der Waals surface area contributed by atoms with E-state index in [0.717, 1.165) is 0 Å². The van der Waals surface area contributed by atoms with Gasteiger partial charge in [-0.25, -0.2) is 13.1 Å². The van der Waals surface area contributed by atoms with E-state index in [1.54, 1.807) is 18.2 Å². The monoisotopic (exact) mass is 399 g/mol. The standard InChI is InChI=1S/C16H11Cl2NO5S/c17-9-6-7-11(12(18)8-9)15-13(20)14(21)16(24-15)19-25(22,23)10-4-2-1-3-5-10/h1-8,19-21H. The van der Waals surface area contributed by atoms with Gasteiger partial charge in [-0.3, -0.25) is 0 Å². The average Bonchev–Trinajstić information content (AvgIpc) is 2.84. The molecule has 3 rings (SSSR count). The Morgan fingerprint density at radius 1 is 0.960 bits per heavy atom. The molecule has 0 amide bonds. The van der Waals surface area contributed by atoms with Gasteiger partial charge in [-0.05, 0) is 30.3 Å². The van der Waals surface area contributed by atoms with Gasteiger partial charge in [-0.15, -0.1) is 0 Å². The number of sulfonamides is 1. The summed E-state index contributed by atoms with van der Waals surface area (Å²) in [6.07, 6.45) is 0. The molecule has 25 heavy (non-hydrogen) atoms. The molecular formula is C16H11Cl2NO5S. The molecule has 2 aromatic carbocycles. The number of halogens is 2. The molecule has 9 heteroatoms. The summed E-state index contributed by atoms with van der Waals surface area (Å²) in [6.45, 7) is 0. The number of benzene rings is 2. The van der Waals surface area contributed by atoms with Crippen molar-refractivity contribution in [3.05, 3.63) is 58.6 Å². The molecule has 0 saturated carbocycles. The predicted octanol–water partition coefficient (Wildman–Crippen LogP) is 4.47. The molecule has 0 aliphatic carbocycles. The molecule has 0 fully saturated rings. The first kappa shape index (κ1) is 17.5. The van der Waals surface area contributed by atoms with Gasteiger partial charge in [-0.1, -0.05) is 41.4 Å². The third kappa shape index (κ3) is 3.39. The second-order valence-corrected chi connectivity index (χ2v) is 7.53. The highest BCUT2D eigenvalue weighted by Crippen LogP contribution is 2.47. The molecule has 0 aliphatic heterocycles. The molecule has 1 aromatic heterocycles. The smallest absolute Gasteiger partial charge is 0.264 e. The zero-order valence-electron chi connectivity index (χ0n) is 12.4. The highest BCUT2D eigenvalue weighted by molar-refractivity contribution is 7.92. The summed E-state index contributed by atoms with van der Waals surface area (Å²) in [7, 11) is -4.01. The molecule has 1 heterocycles. The van der Waals surface area contributed by atoms with Crippen LogP contribution in [0.15, 0.2) is 57.8 Å². The van der Waals surface area contributed by atoms with Crippen molar-refractivity contribution in [2.24, 2.45) is 0 Å². The zero-order valence-corrected chi connectivity index (χ0v) is 14.7. The summed E-state index contributed by atoms with van der Waals surface area (Å²) in [6, 6.07) is 11.9. The first-order valence-electron chi connectivity index (χ1n) is 6.87. The molecule has 6 nitrogen and oxygen atoms in total. The topological polar surface area (TPSA) is 99.8 Å². The van der Waals surface area contributed by atoms with E-state index < -0.39 is 27.4 Å². The number of furan rings is 1. The maximum Gasteiger partial charge on any atom is 0.264 e. The van der Waals surface area contributed by atoms with Gasteiger partial charge in [0.1, 0.15) is 0 Å². The Balaban J connectivity index is 2.03. The molecule has 0 atom stereocenters. The summed E-state index contributed by atoms with van der Waals surface area (Å²) in [5, 5.41) is 20.6. The van der Waals surface area contributed by atoms with Crippen LogP contribution in [0.25, 0.3) is 11.3 Å².